The molecule has 0 spiro atoms. The summed E-state index contributed by atoms with van der Waals surface area (Å²) in [5.74, 6) is 0.578. The molecule has 0 bridgehead atoms. The molecule has 1 aliphatic rings. The highest BCUT2D eigenvalue weighted by Crippen LogP contribution is 2.26. The van der Waals surface area contributed by atoms with Gasteiger partial charge >= 0.3 is 0 Å². The minimum atomic E-state index is -0.403. The Morgan fingerprint density at radius 3 is 2.80 bits per heavy atom. The molecule has 2 unspecified atom stereocenters. The minimum absolute atomic E-state index is 0.0235. The average molecular weight is 488 g/mol. The van der Waals surface area contributed by atoms with Crippen LogP contribution in [-0.2, 0) is 11.4 Å². The largest absolute Gasteiger partial charge is 0.489 e. The van der Waals surface area contributed by atoms with E-state index in [0.717, 1.165) is 39.0 Å². The number of amides is 1. The SMILES string of the molecule is Cc1[nH]c2ccccc2c1/C=N/NC(=O)C1CC(c2cccc(OCc3ccc(Cl)cc3)c2)NN1. The molecule has 1 aromatic heterocycles. The standard InChI is InChI=1S/C27H26ClN5O2/c1-17-23(22-7-2-3-8-24(22)30-17)15-29-33-27(34)26-14-25(31-32-26)19-5-4-6-21(13-19)35-16-18-9-11-20(28)12-10-18/h2-13,15,25-26,30-32H,14,16H2,1H3,(H,33,34)/b29-15+. The highest BCUT2D eigenvalue weighted by molar-refractivity contribution is 6.30. The van der Waals surface area contributed by atoms with Crippen LogP contribution in [0.25, 0.3) is 10.9 Å². The number of hydrogen-bond donors (Lipinski definition) is 4. The molecule has 0 radical (unpaired) electrons. The van der Waals surface area contributed by atoms with Crippen molar-refractivity contribution in [2.45, 2.75) is 32.0 Å². The number of ether oxygens (including phenoxy) is 1. The van der Waals surface area contributed by atoms with E-state index in [1.807, 2.05) is 79.7 Å². The molecule has 1 aliphatic heterocycles. The van der Waals surface area contributed by atoms with Crippen molar-refractivity contribution in [3.05, 3.63) is 100 Å². The fourth-order valence-electron chi connectivity index (χ4n) is 4.22. The van der Waals surface area contributed by atoms with Crippen LogP contribution in [-0.4, -0.2) is 23.1 Å². The van der Waals surface area contributed by atoms with Gasteiger partial charge < -0.3 is 9.72 Å². The van der Waals surface area contributed by atoms with Crippen molar-refractivity contribution in [2.75, 3.05) is 0 Å². The van der Waals surface area contributed by atoms with E-state index in [0.29, 0.717) is 18.1 Å². The Morgan fingerprint density at radius 1 is 1.11 bits per heavy atom. The van der Waals surface area contributed by atoms with Crippen molar-refractivity contribution in [3.8, 4) is 5.75 Å². The number of hydrazone groups is 1. The Balaban J connectivity index is 1.17. The maximum atomic E-state index is 12.7. The minimum Gasteiger partial charge on any atom is -0.489 e. The third-order valence-corrected chi connectivity index (χ3v) is 6.36. The maximum Gasteiger partial charge on any atom is 0.258 e. The number of H-pyrrole nitrogens is 1. The number of carbonyl (C=O) groups is 1. The van der Waals surface area contributed by atoms with Crippen LogP contribution in [0.2, 0.25) is 5.02 Å². The van der Waals surface area contributed by atoms with E-state index < -0.39 is 6.04 Å². The van der Waals surface area contributed by atoms with E-state index in [1.54, 1.807) is 6.21 Å². The van der Waals surface area contributed by atoms with Crippen LogP contribution in [0.15, 0.2) is 77.9 Å². The summed E-state index contributed by atoms with van der Waals surface area (Å²) in [5.41, 5.74) is 14.0. The molecular formula is C27H26ClN5O2. The molecular weight excluding hydrogens is 462 g/mol. The number of aromatic amines is 1. The first-order valence-electron chi connectivity index (χ1n) is 11.5. The summed E-state index contributed by atoms with van der Waals surface area (Å²) in [6.45, 7) is 2.44. The van der Waals surface area contributed by atoms with Gasteiger partial charge in [-0.3, -0.25) is 4.79 Å². The van der Waals surface area contributed by atoms with E-state index in [4.69, 9.17) is 16.3 Å². The number of nitrogens with zero attached hydrogens (tertiary/aromatic N) is 1. The van der Waals surface area contributed by atoms with Crippen molar-refractivity contribution in [1.29, 1.82) is 0 Å². The van der Waals surface area contributed by atoms with E-state index in [1.165, 1.54) is 0 Å². The number of nitrogens with one attached hydrogen (secondary N) is 4. The van der Waals surface area contributed by atoms with E-state index >= 15 is 0 Å². The number of para-hydroxylation sites is 1. The molecule has 8 heteroatoms. The van der Waals surface area contributed by atoms with Gasteiger partial charge in [0.2, 0.25) is 0 Å². The third kappa shape index (κ3) is 5.38. The van der Waals surface area contributed by atoms with Crippen LogP contribution in [0.4, 0.5) is 0 Å². The van der Waals surface area contributed by atoms with Crippen LogP contribution in [0, 0.1) is 6.92 Å². The van der Waals surface area contributed by atoms with Gasteiger partial charge in [-0.15, -0.1) is 0 Å². The first-order valence-corrected chi connectivity index (χ1v) is 11.8. The lowest BCUT2D eigenvalue weighted by molar-refractivity contribution is -0.122. The summed E-state index contributed by atoms with van der Waals surface area (Å²) >= 11 is 5.94. The van der Waals surface area contributed by atoms with Crippen LogP contribution in [0.5, 0.6) is 5.75 Å². The molecule has 4 aromatic rings. The van der Waals surface area contributed by atoms with Gasteiger partial charge in [-0.2, -0.15) is 5.10 Å². The topological polar surface area (TPSA) is 90.5 Å². The predicted molar refractivity (Wildman–Crippen MR) is 138 cm³/mol. The smallest absolute Gasteiger partial charge is 0.258 e. The number of carbonyl (C=O) groups excluding carboxylic acids is 1. The molecule has 1 fully saturated rings. The van der Waals surface area contributed by atoms with Crippen molar-refractivity contribution < 1.29 is 9.53 Å². The number of rotatable bonds is 7. The van der Waals surface area contributed by atoms with Gasteiger partial charge in [0.05, 0.1) is 6.21 Å². The summed E-state index contributed by atoms with van der Waals surface area (Å²) in [6, 6.07) is 23.1. The normalized spacial score (nSPS) is 17.8. The van der Waals surface area contributed by atoms with Gasteiger partial charge in [0.1, 0.15) is 18.4 Å². The Bertz CT molecular complexity index is 1370. The van der Waals surface area contributed by atoms with Crippen LogP contribution in [0.1, 0.15) is 34.8 Å². The second-order valence-corrected chi connectivity index (χ2v) is 9.00. The summed E-state index contributed by atoms with van der Waals surface area (Å²) in [5, 5.41) is 5.97. The Labute approximate surface area is 208 Å². The summed E-state index contributed by atoms with van der Waals surface area (Å²) in [6.07, 6.45) is 2.28. The molecule has 3 aromatic carbocycles. The number of aryl methyl sites for hydroxylation is 1. The Kier molecular flexibility index (Phi) is 6.81. The van der Waals surface area contributed by atoms with Gasteiger partial charge in [0.15, 0.2) is 0 Å². The number of benzene rings is 3. The predicted octanol–water partition coefficient (Wildman–Crippen LogP) is 4.77. The first-order chi connectivity index (χ1) is 17.1. The Hall–Kier alpha value is -3.65. The highest BCUT2D eigenvalue weighted by Gasteiger charge is 2.30. The molecule has 1 saturated heterocycles. The summed E-state index contributed by atoms with van der Waals surface area (Å²) in [4.78, 5) is 16.0. The zero-order chi connectivity index (χ0) is 24.2. The fraction of sp³-hybridized carbons (Fsp3) is 0.185. The molecule has 2 heterocycles. The van der Waals surface area contributed by atoms with E-state index in [-0.39, 0.29) is 11.9 Å². The zero-order valence-corrected chi connectivity index (χ0v) is 20.0. The molecule has 1 amide bonds. The lowest BCUT2D eigenvalue weighted by atomic mass is 10.0. The molecule has 178 valence electrons. The van der Waals surface area contributed by atoms with E-state index in [2.05, 4.69) is 26.4 Å². The van der Waals surface area contributed by atoms with Crippen molar-refractivity contribution >= 4 is 34.6 Å². The monoisotopic (exact) mass is 487 g/mol. The number of aromatic nitrogens is 1. The van der Waals surface area contributed by atoms with Gasteiger partial charge in [0, 0.05) is 33.2 Å². The molecule has 7 nitrogen and oxygen atoms in total. The van der Waals surface area contributed by atoms with Gasteiger partial charge in [0.25, 0.3) is 5.91 Å². The lowest BCUT2D eigenvalue weighted by Crippen LogP contribution is -2.41. The number of fused-ring (bicyclic) bond motifs is 1. The Morgan fingerprint density at radius 2 is 1.94 bits per heavy atom. The average Bonchev–Trinajstić information content (AvgIpc) is 3.49. The number of halogens is 1. The number of hydrazine groups is 1. The van der Waals surface area contributed by atoms with E-state index in [9.17, 15) is 4.79 Å². The van der Waals surface area contributed by atoms with Gasteiger partial charge in [-0.1, -0.05) is 54.1 Å². The lowest BCUT2D eigenvalue weighted by Gasteiger charge is -2.12. The highest BCUT2D eigenvalue weighted by atomic mass is 35.5. The fourth-order valence-corrected chi connectivity index (χ4v) is 4.34. The summed E-state index contributed by atoms with van der Waals surface area (Å²) < 4.78 is 5.94. The summed E-state index contributed by atoms with van der Waals surface area (Å²) in [7, 11) is 0. The van der Waals surface area contributed by atoms with Crippen molar-refractivity contribution in [3.63, 3.8) is 0 Å². The first kappa shape index (κ1) is 23.1. The second kappa shape index (κ2) is 10.3. The quantitative estimate of drug-likeness (QED) is 0.223. The molecule has 35 heavy (non-hydrogen) atoms. The molecule has 0 saturated carbocycles. The van der Waals surface area contributed by atoms with Crippen LogP contribution < -0.4 is 21.0 Å². The van der Waals surface area contributed by atoms with Gasteiger partial charge in [-0.25, -0.2) is 16.3 Å². The second-order valence-electron chi connectivity index (χ2n) is 8.56. The van der Waals surface area contributed by atoms with Crippen LogP contribution >= 0.6 is 11.6 Å². The van der Waals surface area contributed by atoms with Gasteiger partial charge in [-0.05, 0) is 54.8 Å². The molecule has 5 rings (SSSR count). The zero-order valence-electron chi connectivity index (χ0n) is 19.2. The maximum absolute atomic E-state index is 12.7. The number of hydrogen-bond acceptors (Lipinski definition) is 5. The van der Waals surface area contributed by atoms with Crippen LogP contribution in [0.3, 0.4) is 0 Å². The molecule has 0 aliphatic carbocycles. The van der Waals surface area contributed by atoms with Crippen molar-refractivity contribution in [1.82, 2.24) is 21.3 Å². The van der Waals surface area contributed by atoms with Crippen molar-refractivity contribution in [2.24, 2.45) is 5.10 Å². The molecule has 4 N–H and O–H groups in total. The molecule has 2 atom stereocenters. The third-order valence-electron chi connectivity index (χ3n) is 6.11.